The quantitative estimate of drug-likeness (QED) is 0.648. The molecule has 5 nitrogen and oxygen atoms in total. The molecule has 2 rings (SSSR count). The van der Waals surface area contributed by atoms with Gasteiger partial charge in [0.2, 0.25) is 0 Å². The molecule has 0 amide bonds. The van der Waals surface area contributed by atoms with Crippen molar-refractivity contribution in [3.63, 3.8) is 0 Å². The fraction of sp³-hybridized carbons (Fsp3) is 0.588. The average Bonchev–Trinajstić information content (AvgIpc) is 2.46. The zero-order valence-corrected chi connectivity index (χ0v) is 14.1. The number of hydrogen-bond donors (Lipinski definition) is 2. The summed E-state index contributed by atoms with van der Waals surface area (Å²) < 4.78 is 11.0. The highest BCUT2D eigenvalue weighted by Crippen LogP contribution is 2.45. The van der Waals surface area contributed by atoms with Crippen molar-refractivity contribution >= 4 is 11.6 Å². The maximum atomic E-state index is 6.02. The van der Waals surface area contributed by atoms with Gasteiger partial charge in [0, 0.05) is 11.1 Å². The van der Waals surface area contributed by atoms with E-state index in [1.807, 2.05) is 24.3 Å². The summed E-state index contributed by atoms with van der Waals surface area (Å²) in [5, 5.41) is 3.12. The van der Waals surface area contributed by atoms with Crippen LogP contribution in [0.1, 0.15) is 34.1 Å². The van der Waals surface area contributed by atoms with E-state index in [1.165, 1.54) is 0 Å². The van der Waals surface area contributed by atoms with Crippen molar-refractivity contribution in [3.05, 3.63) is 24.3 Å². The molecule has 0 saturated heterocycles. The molecule has 1 aromatic carbocycles. The lowest BCUT2D eigenvalue weighted by molar-refractivity contribution is -0.129. The molecule has 0 bridgehead atoms. The molecular weight excluding hydrogens is 278 g/mol. The molecular formula is C17H27N3O2. The summed E-state index contributed by atoms with van der Waals surface area (Å²) in [4.78, 5) is 4.60. The Labute approximate surface area is 132 Å². The first-order valence-corrected chi connectivity index (χ1v) is 7.72. The molecule has 2 atom stereocenters. The molecule has 0 aromatic heterocycles. The van der Waals surface area contributed by atoms with Crippen LogP contribution in [-0.2, 0) is 4.74 Å². The molecule has 1 saturated carbocycles. The molecule has 0 heterocycles. The number of anilines is 1. The maximum absolute atomic E-state index is 6.02. The van der Waals surface area contributed by atoms with Crippen LogP contribution < -0.4 is 15.8 Å². The number of guanidine groups is 1. The predicted octanol–water partition coefficient (Wildman–Crippen LogP) is 3.01. The standard InChI is InChI=1S/C17H27N3O2/c1-11(2)22-15-10-14(17(15,3)4)20-16(18)19-12-6-8-13(21-5)9-7-12/h6-9,11,14-15H,10H2,1-5H3,(H3,18,19,20). The van der Waals surface area contributed by atoms with E-state index in [1.54, 1.807) is 7.11 Å². The van der Waals surface area contributed by atoms with Crippen LogP contribution >= 0.6 is 0 Å². The van der Waals surface area contributed by atoms with Crippen LogP contribution in [0.5, 0.6) is 5.75 Å². The number of rotatable bonds is 5. The average molecular weight is 305 g/mol. The van der Waals surface area contributed by atoms with Crippen LogP contribution in [0.25, 0.3) is 0 Å². The number of methoxy groups -OCH3 is 1. The summed E-state index contributed by atoms with van der Waals surface area (Å²) in [6.07, 6.45) is 1.40. The topological polar surface area (TPSA) is 68.9 Å². The number of nitrogens with one attached hydrogen (secondary N) is 1. The highest BCUT2D eigenvalue weighted by atomic mass is 16.5. The first-order valence-electron chi connectivity index (χ1n) is 7.72. The Balaban J connectivity index is 1.95. The van der Waals surface area contributed by atoms with Crippen molar-refractivity contribution in [2.75, 3.05) is 12.4 Å². The summed E-state index contributed by atoms with van der Waals surface area (Å²) in [6, 6.07) is 7.78. The summed E-state index contributed by atoms with van der Waals surface area (Å²) in [7, 11) is 1.65. The van der Waals surface area contributed by atoms with Gasteiger partial charge < -0.3 is 20.5 Å². The Morgan fingerprint density at radius 3 is 2.45 bits per heavy atom. The van der Waals surface area contributed by atoms with Gasteiger partial charge in [0.15, 0.2) is 5.96 Å². The van der Waals surface area contributed by atoms with Crippen molar-refractivity contribution in [2.24, 2.45) is 16.1 Å². The van der Waals surface area contributed by atoms with Gasteiger partial charge in [-0.15, -0.1) is 0 Å². The van der Waals surface area contributed by atoms with Crippen LogP contribution in [0.2, 0.25) is 0 Å². The molecule has 5 heteroatoms. The molecule has 0 radical (unpaired) electrons. The molecule has 0 spiro atoms. The highest BCUT2D eigenvalue weighted by molar-refractivity contribution is 5.92. The molecule has 1 aliphatic carbocycles. The van der Waals surface area contributed by atoms with Crippen molar-refractivity contribution in [1.82, 2.24) is 0 Å². The second kappa shape index (κ2) is 6.57. The molecule has 3 N–H and O–H groups in total. The van der Waals surface area contributed by atoms with Gasteiger partial charge in [0.25, 0.3) is 0 Å². The van der Waals surface area contributed by atoms with E-state index < -0.39 is 0 Å². The summed E-state index contributed by atoms with van der Waals surface area (Å²) in [5.74, 6) is 1.25. The predicted molar refractivity (Wildman–Crippen MR) is 90.4 cm³/mol. The van der Waals surface area contributed by atoms with Crippen LogP contribution in [0.4, 0.5) is 5.69 Å². The lowest BCUT2D eigenvalue weighted by Crippen LogP contribution is -2.55. The number of hydrogen-bond acceptors (Lipinski definition) is 3. The van der Waals surface area contributed by atoms with Crippen molar-refractivity contribution < 1.29 is 9.47 Å². The zero-order valence-electron chi connectivity index (χ0n) is 14.1. The smallest absolute Gasteiger partial charge is 0.193 e. The van der Waals surface area contributed by atoms with Gasteiger partial charge >= 0.3 is 0 Å². The molecule has 22 heavy (non-hydrogen) atoms. The van der Waals surface area contributed by atoms with E-state index in [-0.39, 0.29) is 23.7 Å². The van der Waals surface area contributed by atoms with Gasteiger partial charge in [-0.2, -0.15) is 0 Å². The highest BCUT2D eigenvalue weighted by Gasteiger charge is 2.49. The lowest BCUT2D eigenvalue weighted by atomic mass is 9.64. The van der Waals surface area contributed by atoms with Crippen molar-refractivity contribution in [2.45, 2.75) is 52.4 Å². The monoisotopic (exact) mass is 305 g/mol. The number of benzene rings is 1. The molecule has 122 valence electrons. The zero-order chi connectivity index (χ0) is 16.3. The van der Waals surface area contributed by atoms with Crippen LogP contribution in [0.15, 0.2) is 29.3 Å². The molecule has 1 aliphatic rings. The second-order valence-corrected chi connectivity index (χ2v) is 6.61. The van der Waals surface area contributed by atoms with E-state index in [0.29, 0.717) is 5.96 Å². The minimum Gasteiger partial charge on any atom is -0.497 e. The fourth-order valence-corrected chi connectivity index (χ4v) is 2.67. The van der Waals surface area contributed by atoms with Gasteiger partial charge in [-0.3, -0.25) is 0 Å². The molecule has 2 unspecified atom stereocenters. The SMILES string of the molecule is COc1ccc(NC(N)=NC2CC(OC(C)C)C2(C)C)cc1. The summed E-state index contributed by atoms with van der Waals surface area (Å²) in [6.45, 7) is 8.48. The van der Waals surface area contributed by atoms with E-state index >= 15 is 0 Å². The molecule has 1 fully saturated rings. The third-order valence-electron chi connectivity index (χ3n) is 4.22. The van der Waals surface area contributed by atoms with Gasteiger partial charge in [-0.1, -0.05) is 13.8 Å². The molecule has 1 aromatic rings. The van der Waals surface area contributed by atoms with Gasteiger partial charge in [0.05, 0.1) is 25.4 Å². The van der Waals surface area contributed by atoms with Crippen LogP contribution in [0.3, 0.4) is 0 Å². The number of nitrogens with zero attached hydrogens (tertiary/aromatic N) is 1. The van der Waals surface area contributed by atoms with E-state index in [2.05, 4.69) is 38.0 Å². The third kappa shape index (κ3) is 3.71. The summed E-state index contributed by atoms with van der Waals surface area (Å²) >= 11 is 0. The van der Waals surface area contributed by atoms with Gasteiger partial charge in [-0.25, -0.2) is 4.99 Å². The van der Waals surface area contributed by atoms with E-state index in [0.717, 1.165) is 17.9 Å². The van der Waals surface area contributed by atoms with Crippen LogP contribution in [-0.4, -0.2) is 31.3 Å². The van der Waals surface area contributed by atoms with E-state index in [9.17, 15) is 0 Å². The first-order chi connectivity index (χ1) is 10.3. The Hall–Kier alpha value is -1.75. The minimum absolute atomic E-state index is 0.0104. The number of ether oxygens (including phenoxy) is 2. The Morgan fingerprint density at radius 1 is 1.32 bits per heavy atom. The van der Waals surface area contributed by atoms with Crippen molar-refractivity contribution in [3.8, 4) is 5.75 Å². The minimum atomic E-state index is 0.0104. The van der Waals surface area contributed by atoms with E-state index in [4.69, 9.17) is 15.2 Å². The van der Waals surface area contributed by atoms with Crippen molar-refractivity contribution in [1.29, 1.82) is 0 Å². The Morgan fingerprint density at radius 2 is 1.95 bits per heavy atom. The Kier molecular flexibility index (Phi) is 4.96. The number of nitrogens with two attached hydrogens (primary N) is 1. The fourth-order valence-electron chi connectivity index (χ4n) is 2.67. The largest absolute Gasteiger partial charge is 0.497 e. The normalized spacial score (nSPS) is 24.0. The Bertz CT molecular complexity index is 523. The third-order valence-corrected chi connectivity index (χ3v) is 4.22. The second-order valence-electron chi connectivity index (χ2n) is 6.61. The summed E-state index contributed by atoms with van der Waals surface area (Å²) in [5.41, 5.74) is 6.93. The van der Waals surface area contributed by atoms with Crippen LogP contribution in [0, 0.1) is 5.41 Å². The van der Waals surface area contributed by atoms with Gasteiger partial charge in [-0.05, 0) is 44.5 Å². The number of aliphatic imine (C=N–C) groups is 1. The molecule has 0 aliphatic heterocycles. The lowest BCUT2D eigenvalue weighted by Gasteiger charge is -2.50. The van der Waals surface area contributed by atoms with Gasteiger partial charge in [0.1, 0.15) is 5.75 Å². The maximum Gasteiger partial charge on any atom is 0.193 e. The first kappa shape index (κ1) is 16.6.